The molecule has 31 heavy (non-hydrogen) atoms. The maximum absolute atomic E-state index is 13.3. The van der Waals surface area contributed by atoms with Crippen LogP contribution in [0.25, 0.3) is 0 Å². The fraction of sp³-hybridized carbons (Fsp3) is 0.269. The molecule has 2 aliphatic rings. The van der Waals surface area contributed by atoms with E-state index in [1.807, 2.05) is 42.5 Å². The molecule has 0 saturated carbocycles. The summed E-state index contributed by atoms with van der Waals surface area (Å²) in [4.78, 5) is 13.3. The van der Waals surface area contributed by atoms with Crippen LogP contribution in [0.1, 0.15) is 53.9 Å². The predicted molar refractivity (Wildman–Crippen MR) is 116 cm³/mol. The first-order chi connectivity index (χ1) is 15.0. The van der Waals surface area contributed by atoms with Crippen molar-refractivity contribution in [3.8, 4) is 23.0 Å². The van der Waals surface area contributed by atoms with E-state index in [-0.39, 0.29) is 18.7 Å². The normalized spacial score (nSPS) is 19.2. The minimum absolute atomic E-state index is 0.166. The van der Waals surface area contributed by atoms with Crippen LogP contribution < -0.4 is 18.9 Å². The van der Waals surface area contributed by atoms with Crippen LogP contribution in [-0.4, -0.2) is 19.9 Å². The smallest absolute Gasteiger partial charge is 0.319 e. The quantitative estimate of drug-likeness (QED) is 0.422. The van der Waals surface area contributed by atoms with E-state index in [0.717, 1.165) is 22.4 Å². The molecule has 0 saturated heterocycles. The highest BCUT2D eigenvalue weighted by molar-refractivity contribution is 5.86. The van der Waals surface area contributed by atoms with E-state index in [1.54, 1.807) is 13.2 Å². The Labute approximate surface area is 181 Å². The second-order valence-corrected chi connectivity index (χ2v) is 8.21. The lowest BCUT2D eigenvalue weighted by atomic mass is 9.75. The van der Waals surface area contributed by atoms with Gasteiger partial charge in [-0.25, -0.2) is 0 Å². The number of methoxy groups -OCH3 is 1. The largest absolute Gasteiger partial charge is 0.497 e. The molecular weight excluding hydrogens is 392 g/mol. The average Bonchev–Trinajstić information content (AvgIpc) is 3.24. The van der Waals surface area contributed by atoms with Gasteiger partial charge in [0.1, 0.15) is 11.5 Å². The number of rotatable bonds is 4. The number of benzene rings is 3. The number of carbonyl (C=O) groups is 1. The van der Waals surface area contributed by atoms with Crippen molar-refractivity contribution in [3.63, 3.8) is 0 Å². The summed E-state index contributed by atoms with van der Waals surface area (Å²) in [5.41, 5.74) is 4.08. The molecule has 0 amide bonds. The van der Waals surface area contributed by atoms with Crippen molar-refractivity contribution in [1.29, 1.82) is 0 Å². The Morgan fingerprint density at radius 3 is 2.10 bits per heavy atom. The molecule has 5 heteroatoms. The van der Waals surface area contributed by atoms with Crippen LogP contribution in [0.4, 0.5) is 0 Å². The molecule has 0 aliphatic carbocycles. The molecule has 2 atom stereocenters. The molecule has 2 heterocycles. The summed E-state index contributed by atoms with van der Waals surface area (Å²) in [6, 6.07) is 19.8. The van der Waals surface area contributed by atoms with Crippen molar-refractivity contribution in [2.24, 2.45) is 0 Å². The Morgan fingerprint density at radius 2 is 1.45 bits per heavy atom. The van der Waals surface area contributed by atoms with E-state index in [4.69, 9.17) is 18.9 Å². The summed E-state index contributed by atoms with van der Waals surface area (Å²) in [5, 5.41) is 0. The van der Waals surface area contributed by atoms with Gasteiger partial charge < -0.3 is 18.9 Å². The van der Waals surface area contributed by atoms with Crippen LogP contribution in [0, 0.1) is 0 Å². The summed E-state index contributed by atoms with van der Waals surface area (Å²) in [7, 11) is 1.64. The molecule has 0 fully saturated rings. The van der Waals surface area contributed by atoms with Crippen LogP contribution in [0.3, 0.4) is 0 Å². The lowest BCUT2D eigenvalue weighted by Gasteiger charge is -2.33. The van der Waals surface area contributed by atoms with Crippen molar-refractivity contribution >= 4 is 5.97 Å². The van der Waals surface area contributed by atoms with Crippen LogP contribution in [0.5, 0.6) is 23.0 Å². The van der Waals surface area contributed by atoms with Crippen molar-refractivity contribution in [2.45, 2.75) is 31.6 Å². The van der Waals surface area contributed by atoms with Crippen molar-refractivity contribution in [2.75, 3.05) is 13.9 Å². The van der Waals surface area contributed by atoms with Crippen LogP contribution in [0.2, 0.25) is 0 Å². The molecular formula is C26H24O5. The van der Waals surface area contributed by atoms with E-state index >= 15 is 0 Å². The second kappa shape index (κ2) is 7.65. The summed E-state index contributed by atoms with van der Waals surface area (Å²) in [6.45, 7) is 4.48. The van der Waals surface area contributed by atoms with Gasteiger partial charge in [-0.3, -0.25) is 4.79 Å². The van der Waals surface area contributed by atoms with Crippen molar-refractivity contribution < 1.29 is 23.7 Å². The Bertz CT molecular complexity index is 1120. The summed E-state index contributed by atoms with van der Waals surface area (Å²) < 4.78 is 22.2. The molecule has 0 spiro atoms. The number of carbonyl (C=O) groups excluding carboxylic acids is 1. The molecule has 5 rings (SSSR count). The molecule has 3 aromatic carbocycles. The van der Waals surface area contributed by atoms with E-state index in [1.165, 1.54) is 5.56 Å². The van der Waals surface area contributed by atoms with Gasteiger partial charge in [0, 0.05) is 17.5 Å². The third kappa shape index (κ3) is 3.40. The lowest BCUT2D eigenvalue weighted by molar-refractivity contribution is -0.137. The Hall–Kier alpha value is -3.47. The van der Waals surface area contributed by atoms with Crippen LogP contribution in [-0.2, 0) is 4.79 Å². The highest BCUT2D eigenvalue weighted by Crippen LogP contribution is 2.51. The van der Waals surface area contributed by atoms with E-state index < -0.39 is 5.92 Å². The molecule has 5 nitrogen and oxygen atoms in total. The third-order valence-electron chi connectivity index (χ3n) is 6.08. The minimum Gasteiger partial charge on any atom is -0.497 e. The number of fused-ring (bicyclic) bond motifs is 2. The fourth-order valence-corrected chi connectivity index (χ4v) is 4.36. The molecule has 0 radical (unpaired) electrons. The average molecular weight is 416 g/mol. The first-order valence-electron chi connectivity index (χ1n) is 10.4. The highest BCUT2D eigenvalue weighted by atomic mass is 16.7. The van der Waals surface area contributed by atoms with Crippen LogP contribution >= 0.6 is 0 Å². The maximum atomic E-state index is 13.3. The second-order valence-electron chi connectivity index (χ2n) is 8.21. The fourth-order valence-electron chi connectivity index (χ4n) is 4.36. The monoisotopic (exact) mass is 416 g/mol. The molecule has 0 aromatic heterocycles. The number of hydrogen-bond donors (Lipinski definition) is 0. The first-order valence-corrected chi connectivity index (χ1v) is 10.4. The third-order valence-corrected chi connectivity index (χ3v) is 6.08. The molecule has 158 valence electrons. The van der Waals surface area contributed by atoms with Gasteiger partial charge in [-0.15, -0.1) is 0 Å². The summed E-state index contributed by atoms with van der Waals surface area (Å²) >= 11 is 0. The number of esters is 1. The Morgan fingerprint density at radius 1 is 0.839 bits per heavy atom. The van der Waals surface area contributed by atoms with Crippen LogP contribution in [0.15, 0.2) is 60.7 Å². The van der Waals surface area contributed by atoms with E-state index in [2.05, 4.69) is 26.0 Å². The predicted octanol–water partition coefficient (Wildman–Crippen LogP) is 5.38. The first kappa shape index (κ1) is 19.5. The number of ether oxygens (including phenoxy) is 4. The molecule has 0 bridgehead atoms. The van der Waals surface area contributed by atoms with Gasteiger partial charge in [0.15, 0.2) is 11.5 Å². The SMILES string of the molecule is COc1ccc([C@H]2c3cc4c(cc3OC(=O)[C@H]2c2ccc(C(C)C)cc2)OCO4)cc1. The van der Waals surface area contributed by atoms with Crippen molar-refractivity contribution in [1.82, 2.24) is 0 Å². The minimum atomic E-state index is -0.470. The maximum Gasteiger partial charge on any atom is 0.319 e. The molecule has 0 unspecified atom stereocenters. The van der Waals surface area contributed by atoms with Gasteiger partial charge in [-0.05, 0) is 40.8 Å². The van der Waals surface area contributed by atoms with E-state index in [9.17, 15) is 4.79 Å². The Kier molecular flexibility index (Phi) is 4.81. The standard InChI is InChI=1S/C26H24O5/c1-15(2)16-4-6-18(7-5-16)25-24(17-8-10-19(28-3)11-9-17)20-12-22-23(30-14-29-22)13-21(20)31-26(25)27/h4-13,15,24-25H,14H2,1-3H3/t24-,25-/m0/s1. The van der Waals surface area contributed by atoms with Gasteiger partial charge in [0.2, 0.25) is 6.79 Å². The van der Waals surface area contributed by atoms with E-state index in [0.29, 0.717) is 23.2 Å². The molecule has 0 N–H and O–H groups in total. The summed E-state index contributed by atoms with van der Waals surface area (Å²) in [5.74, 6) is 2.01. The topological polar surface area (TPSA) is 54.0 Å². The molecule has 2 aliphatic heterocycles. The van der Waals surface area contributed by atoms with Gasteiger partial charge in [-0.2, -0.15) is 0 Å². The zero-order valence-corrected chi connectivity index (χ0v) is 17.8. The molecule has 3 aromatic rings. The van der Waals surface area contributed by atoms with Crippen molar-refractivity contribution in [3.05, 3.63) is 82.9 Å². The summed E-state index contributed by atoms with van der Waals surface area (Å²) in [6.07, 6.45) is 0. The zero-order valence-electron chi connectivity index (χ0n) is 17.8. The van der Waals surface area contributed by atoms with Gasteiger partial charge in [0.05, 0.1) is 13.0 Å². The Balaban J connectivity index is 1.65. The zero-order chi connectivity index (χ0) is 21.5. The highest BCUT2D eigenvalue weighted by Gasteiger charge is 2.41. The van der Waals surface area contributed by atoms with Gasteiger partial charge in [-0.1, -0.05) is 50.2 Å². The van der Waals surface area contributed by atoms with Gasteiger partial charge in [0.25, 0.3) is 0 Å². The van der Waals surface area contributed by atoms with Gasteiger partial charge >= 0.3 is 5.97 Å². The number of hydrogen-bond acceptors (Lipinski definition) is 5. The lowest BCUT2D eigenvalue weighted by Crippen LogP contribution is -2.30.